The van der Waals surface area contributed by atoms with Gasteiger partial charge in [0.15, 0.2) is 0 Å². The Morgan fingerprint density at radius 3 is 2.79 bits per heavy atom. The molecular weight excluding hydrogens is 440 g/mol. The van der Waals surface area contributed by atoms with Crippen LogP contribution in [-0.2, 0) is 4.79 Å². The second-order valence-corrected chi connectivity index (χ2v) is 8.23. The molecule has 1 aromatic carbocycles. The lowest BCUT2D eigenvalue weighted by molar-refractivity contribution is -0.134. The second-order valence-electron chi connectivity index (χ2n) is 7.15. The predicted octanol–water partition coefficient (Wildman–Crippen LogP) is 3.80. The van der Waals surface area contributed by atoms with Crippen molar-refractivity contribution in [1.82, 2.24) is 15.0 Å². The smallest absolute Gasteiger partial charge is 0.275 e. The van der Waals surface area contributed by atoms with Gasteiger partial charge in [-0.15, -0.1) is 11.8 Å². The summed E-state index contributed by atoms with van der Waals surface area (Å²) in [7, 11) is 3.13. The first-order valence-electron chi connectivity index (χ1n) is 10.6. The minimum atomic E-state index is -0.294. The molecule has 8 nitrogen and oxygen atoms in total. The Bertz CT molecular complexity index is 1070. The monoisotopic (exact) mass is 466 g/mol. The Morgan fingerprint density at radius 1 is 1.21 bits per heavy atom. The molecule has 3 rings (SSSR count). The standard InChI is InChI=1S/C24H26N4O4S/c1-31-19-9-10-21(32-2)18(17-19)8-11-22(29)27-14-6-15-28(27)24(30)20-7-5-13-26-23(20)33-16-4-3-12-25/h5,7-11,13,17H,3-4,6,14-16H2,1-2H3. The average molecular weight is 467 g/mol. The van der Waals surface area contributed by atoms with Gasteiger partial charge in [0.05, 0.1) is 25.9 Å². The number of aromatic nitrogens is 1. The lowest BCUT2D eigenvalue weighted by Gasteiger charge is -2.27. The Kier molecular flexibility index (Phi) is 8.72. The molecule has 1 fully saturated rings. The highest BCUT2D eigenvalue weighted by Crippen LogP contribution is 2.27. The maximum absolute atomic E-state index is 13.3. The first-order valence-corrected chi connectivity index (χ1v) is 11.6. The van der Waals surface area contributed by atoms with Crippen LogP contribution in [0.15, 0.2) is 47.6 Å². The van der Waals surface area contributed by atoms with E-state index in [2.05, 4.69) is 11.1 Å². The van der Waals surface area contributed by atoms with Crippen molar-refractivity contribution in [2.45, 2.75) is 24.3 Å². The molecule has 2 amide bonds. The number of pyridine rings is 1. The highest BCUT2D eigenvalue weighted by Gasteiger charge is 2.31. The van der Waals surface area contributed by atoms with Gasteiger partial charge in [0.2, 0.25) is 0 Å². The van der Waals surface area contributed by atoms with E-state index in [1.807, 2.05) is 0 Å². The zero-order chi connectivity index (χ0) is 23.6. The molecule has 2 heterocycles. The summed E-state index contributed by atoms with van der Waals surface area (Å²) in [6.07, 6.45) is 6.61. The number of hydrazine groups is 1. The van der Waals surface area contributed by atoms with E-state index >= 15 is 0 Å². The summed E-state index contributed by atoms with van der Waals surface area (Å²) < 4.78 is 10.6. The average Bonchev–Trinajstić information content (AvgIpc) is 3.35. The van der Waals surface area contributed by atoms with E-state index in [0.29, 0.717) is 59.3 Å². The van der Waals surface area contributed by atoms with Crippen LogP contribution in [0.25, 0.3) is 6.08 Å². The summed E-state index contributed by atoms with van der Waals surface area (Å²) in [6, 6.07) is 10.9. The topological polar surface area (TPSA) is 95.8 Å². The first-order chi connectivity index (χ1) is 16.1. The number of ether oxygens (including phenoxy) is 2. The minimum absolute atomic E-state index is 0.260. The molecule has 0 radical (unpaired) electrons. The number of carbonyl (C=O) groups is 2. The van der Waals surface area contributed by atoms with Crippen LogP contribution in [0.3, 0.4) is 0 Å². The number of rotatable bonds is 9. The largest absolute Gasteiger partial charge is 0.497 e. The third-order valence-electron chi connectivity index (χ3n) is 5.04. The van der Waals surface area contributed by atoms with Crippen molar-refractivity contribution in [2.75, 3.05) is 33.1 Å². The number of nitriles is 1. The number of nitrogens with zero attached hydrogens (tertiary/aromatic N) is 4. The predicted molar refractivity (Wildman–Crippen MR) is 126 cm³/mol. The fraction of sp³-hybridized carbons (Fsp3) is 0.333. The van der Waals surface area contributed by atoms with E-state index < -0.39 is 0 Å². The van der Waals surface area contributed by atoms with Gasteiger partial charge in [0.25, 0.3) is 11.8 Å². The Balaban J connectivity index is 1.75. The second kappa shape index (κ2) is 11.9. The molecule has 0 atom stereocenters. The molecule has 2 aromatic rings. The van der Waals surface area contributed by atoms with Gasteiger partial charge in [-0.25, -0.2) is 15.0 Å². The maximum atomic E-state index is 13.3. The van der Waals surface area contributed by atoms with Gasteiger partial charge in [0, 0.05) is 43.1 Å². The summed E-state index contributed by atoms with van der Waals surface area (Å²) in [5.74, 6) is 1.40. The van der Waals surface area contributed by atoms with E-state index in [1.54, 1.807) is 56.8 Å². The number of methoxy groups -OCH3 is 2. The molecule has 0 bridgehead atoms. The number of thioether (sulfide) groups is 1. The summed E-state index contributed by atoms with van der Waals surface area (Å²) in [5.41, 5.74) is 1.16. The van der Waals surface area contributed by atoms with Crippen LogP contribution < -0.4 is 9.47 Å². The summed E-state index contributed by atoms with van der Waals surface area (Å²) >= 11 is 1.45. The molecule has 0 spiro atoms. The highest BCUT2D eigenvalue weighted by molar-refractivity contribution is 7.99. The van der Waals surface area contributed by atoms with Crippen LogP contribution >= 0.6 is 11.8 Å². The van der Waals surface area contributed by atoms with Gasteiger partial charge in [-0.05, 0) is 49.2 Å². The zero-order valence-corrected chi connectivity index (χ0v) is 19.5. The van der Waals surface area contributed by atoms with Crippen LogP contribution in [0.4, 0.5) is 0 Å². The van der Waals surface area contributed by atoms with Gasteiger partial charge in [-0.2, -0.15) is 5.26 Å². The van der Waals surface area contributed by atoms with Gasteiger partial charge in [0.1, 0.15) is 16.5 Å². The van der Waals surface area contributed by atoms with E-state index in [-0.39, 0.29) is 11.8 Å². The van der Waals surface area contributed by atoms with Crippen molar-refractivity contribution in [2.24, 2.45) is 0 Å². The number of hydrogen-bond donors (Lipinski definition) is 0. The molecule has 0 N–H and O–H groups in total. The van der Waals surface area contributed by atoms with E-state index in [4.69, 9.17) is 14.7 Å². The third kappa shape index (κ3) is 6.05. The summed E-state index contributed by atoms with van der Waals surface area (Å²) in [4.78, 5) is 30.6. The highest BCUT2D eigenvalue weighted by atomic mass is 32.2. The van der Waals surface area contributed by atoms with Gasteiger partial charge < -0.3 is 9.47 Å². The number of hydrogen-bond acceptors (Lipinski definition) is 7. The summed E-state index contributed by atoms with van der Waals surface area (Å²) in [6.45, 7) is 0.906. The molecular formula is C24H26N4O4S. The Hall–Kier alpha value is -3.51. The minimum Gasteiger partial charge on any atom is -0.497 e. The fourth-order valence-corrected chi connectivity index (χ4v) is 4.32. The number of unbranched alkanes of at least 4 members (excludes halogenated alkanes) is 1. The third-order valence-corrected chi connectivity index (χ3v) is 6.13. The van der Waals surface area contributed by atoms with Crippen molar-refractivity contribution in [3.63, 3.8) is 0 Å². The van der Waals surface area contributed by atoms with Gasteiger partial charge in [-0.3, -0.25) is 9.59 Å². The van der Waals surface area contributed by atoms with Crippen molar-refractivity contribution < 1.29 is 19.1 Å². The molecule has 0 saturated carbocycles. The van der Waals surface area contributed by atoms with Crippen molar-refractivity contribution in [3.8, 4) is 17.6 Å². The lowest BCUT2D eigenvalue weighted by atomic mass is 10.1. The first kappa shape index (κ1) is 24.1. The quantitative estimate of drug-likeness (QED) is 0.315. The van der Waals surface area contributed by atoms with Crippen molar-refractivity contribution in [1.29, 1.82) is 5.26 Å². The maximum Gasteiger partial charge on any atom is 0.275 e. The SMILES string of the molecule is COc1ccc(OC)c(C=CC(=O)N2CCCN2C(=O)c2cccnc2SCCCC#N)c1. The molecule has 0 aliphatic carbocycles. The van der Waals surface area contributed by atoms with E-state index in [9.17, 15) is 9.59 Å². The lowest BCUT2D eigenvalue weighted by Crippen LogP contribution is -2.44. The van der Waals surface area contributed by atoms with Gasteiger partial charge >= 0.3 is 0 Å². The number of benzene rings is 1. The van der Waals surface area contributed by atoms with Crippen LogP contribution in [0.5, 0.6) is 11.5 Å². The molecule has 172 valence electrons. The van der Waals surface area contributed by atoms with Crippen LogP contribution in [-0.4, -0.2) is 59.9 Å². The Morgan fingerprint density at radius 2 is 2.03 bits per heavy atom. The molecule has 1 aromatic heterocycles. The van der Waals surface area contributed by atoms with Crippen LogP contribution in [0.2, 0.25) is 0 Å². The molecule has 1 saturated heterocycles. The molecule has 1 aliphatic rings. The molecule has 9 heteroatoms. The molecule has 1 aliphatic heterocycles. The van der Waals surface area contributed by atoms with E-state index in [1.165, 1.54) is 27.9 Å². The number of amides is 2. The number of carbonyl (C=O) groups excluding carboxylic acids is 2. The molecule has 0 unspecified atom stereocenters. The van der Waals surface area contributed by atoms with Crippen LogP contribution in [0.1, 0.15) is 35.2 Å². The summed E-state index contributed by atoms with van der Waals surface area (Å²) in [5, 5.41) is 12.3. The van der Waals surface area contributed by atoms with Crippen molar-refractivity contribution in [3.05, 3.63) is 53.7 Å². The van der Waals surface area contributed by atoms with Crippen LogP contribution in [0, 0.1) is 11.3 Å². The van der Waals surface area contributed by atoms with Gasteiger partial charge in [-0.1, -0.05) is 0 Å². The van der Waals surface area contributed by atoms with Crippen molar-refractivity contribution >= 4 is 29.7 Å². The zero-order valence-electron chi connectivity index (χ0n) is 18.7. The van der Waals surface area contributed by atoms with E-state index in [0.717, 1.165) is 6.42 Å². The Labute approximate surface area is 197 Å². The molecule has 33 heavy (non-hydrogen) atoms. The normalized spacial score (nSPS) is 13.2. The fourth-order valence-electron chi connectivity index (χ4n) is 3.40.